The number of rotatable bonds is 7. The number of alkyl halides is 3. The fourth-order valence-electron chi connectivity index (χ4n) is 2.28. The molecule has 2 aromatic carbocycles. The van der Waals surface area contributed by atoms with Crippen molar-refractivity contribution in [3.8, 4) is 5.75 Å². The first-order valence-corrected chi connectivity index (χ1v) is 7.57. The van der Waals surface area contributed by atoms with Gasteiger partial charge in [-0.25, -0.2) is 0 Å². The molecule has 0 bridgehead atoms. The van der Waals surface area contributed by atoms with Crippen LogP contribution < -0.4 is 10.1 Å². The summed E-state index contributed by atoms with van der Waals surface area (Å²) in [6.45, 7) is 3.81. The van der Waals surface area contributed by atoms with Crippen LogP contribution in [0.4, 0.5) is 13.2 Å². The van der Waals surface area contributed by atoms with Gasteiger partial charge in [0.15, 0.2) is 0 Å². The van der Waals surface area contributed by atoms with Crippen molar-refractivity contribution in [2.75, 3.05) is 13.2 Å². The van der Waals surface area contributed by atoms with Gasteiger partial charge >= 0.3 is 6.18 Å². The molecule has 0 unspecified atom stereocenters. The van der Waals surface area contributed by atoms with Crippen LogP contribution in [-0.2, 0) is 19.1 Å². The van der Waals surface area contributed by atoms with Gasteiger partial charge < -0.3 is 10.1 Å². The van der Waals surface area contributed by atoms with Crippen molar-refractivity contribution in [1.82, 2.24) is 5.32 Å². The number of ether oxygens (including phenoxy) is 1. The minimum absolute atomic E-state index is 0.551. The fourth-order valence-corrected chi connectivity index (χ4v) is 2.28. The van der Waals surface area contributed by atoms with E-state index in [9.17, 15) is 13.2 Å². The molecule has 23 heavy (non-hydrogen) atoms. The summed E-state index contributed by atoms with van der Waals surface area (Å²) >= 11 is 0. The molecular weight excluding hydrogens is 303 g/mol. The summed E-state index contributed by atoms with van der Waals surface area (Å²) in [4.78, 5) is 0. The van der Waals surface area contributed by atoms with E-state index in [1.165, 1.54) is 12.1 Å². The summed E-state index contributed by atoms with van der Waals surface area (Å²) in [6, 6.07) is 13.2. The van der Waals surface area contributed by atoms with Gasteiger partial charge in [-0.05, 0) is 49.2 Å². The maximum Gasteiger partial charge on any atom is 0.416 e. The largest absolute Gasteiger partial charge is 0.494 e. The topological polar surface area (TPSA) is 21.3 Å². The lowest BCUT2D eigenvalue weighted by Gasteiger charge is -2.10. The zero-order valence-corrected chi connectivity index (χ0v) is 13.0. The van der Waals surface area contributed by atoms with Gasteiger partial charge in [0.1, 0.15) is 5.75 Å². The van der Waals surface area contributed by atoms with Gasteiger partial charge in [-0.3, -0.25) is 0 Å². The van der Waals surface area contributed by atoms with E-state index < -0.39 is 11.7 Å². The van der Waals surface area contributed by atoms with Gasteiger partial charge in [0.2, 0.25) is 0 Å². The Bertz CT molecular complexity index is 626. The van der Waals surface area contributed by atoms with E-state index >= 15 is 0 Å². The van der Waals surface area contributed by atoms with Gasteiger partial charge in [0, 0.05) is 6.54 Å². The highest BCUT2D eigenvalue weighted by Crippen LogP contribution is 2.29. The van der Waals surface area contributed by atoms with Crippen LogP contribution in [0.1, 0.15) is 23.6 Å². The predicted octanol–water partition coefficient (Wildman–Crippen LogP) is 4.44. The summed E-state index contributed by atoms with van der Waals surface area (Å²) in [6.07, 6.45) is -3.74. The maximum absolute atomic E-state index is 12.7. The van der Waals surface area contributed by atoms with Crippen LogP contribution in [0.3, 0.4) is 0 Å². The molecule has 0 aliphatic rings. The third kappa shape index (κ3) is 5.60. The quantitative estimate of drug-likeness (QED) is 0.761. The zero-order chi connectivity index (χ0) is 16.7. The highest BCUT2D eigenvalue weighted by atomic mass is 19.4. The summed E-state index contributed by atoms with van der Waals surface area (Å²) in [5.74, 6) is 0.824. The zero-order valence-electron chi connectivity index (χ0n) is 13.0. The van der Waals surface area contributed by atoms with Crippen LogP contribution in [0.2, 0.25) is 0 Å². The third-order valence-electron chi connectivity index (χ3n) is 3.38. The lowest BCUT2D eigenvalue weighted by Crippen LogP contribution is -2.17. The highest BCUT2D eigenvalue weighted by molar-refractivity contribution is 5.28. The van der Waals surface area contributed by atoms with E-state index in [0.717, 1.165) is 17.4 Å². The molecule has 0 heterocycles. The van der Waals surface area contributed by atoms with Crippen molar-refractivity contribution in [2.24, 2.45) is 0 Å². The molecule has 1 N–H and O–H groups in total. The molecule has 0 spiro atoms. The Morgan fingerprint density at radius 1 is 1.00 bits per heavy atom. The van der Waals surface area contributed by atoms with Crippen molar-refractivity contribution in [2.45, 2.75) is 26.1 Å². The van der Waals surface area contributed by atoms with Gasteiger partial charge in [0.05, 0.1) is 12.2 Å². The molecule has 0 atom stereocenters. The smallest absolute Gasteiger partial charge is 0.416 e. The summed E-state index contributed by atoms with van der Waals surface area (Å²) < 4.78 is 43.4. The molecule has 5 heteroatoms. The standard InChI is InChI=1S/C18H20F3NO/c1-2-23-17-8-4-6-15(12-17)13-22-10-9-14-5-3-7-16(11-14)18(19,20)21/h3-8,11-12,22H,2,9-10,13H2,1H3. The first-order valence-electron chi connectivity index (χ1n) is 7.57. The molecular formula is C18H20F3NO. The van der Waals surface area contributed by atoms with Gasteiger partial charge in [-0.1, -0.05) is 30.3 Å². The Kier molecular flexibility index (Phi) is 6.04. The molecule has 0 aromatic heterocycles. The van der Waals surface area contributed by atoms with Crippen LogP contribution in [0.25, 0.3) is 0 Å². The second kappa shape index (κ2) is 8.02. The second-order valence-electron chi connectivity index (χ2n) is 5.21. The molecule has 0 aliphatic heterocycles. The molecule has 0 amide bonds. The minimum Gasteiger partial charge on any atom is -0.494 e. The molecule has 0 saturated carbocycles. The lowest BCUT2D eigenvalue weighted by molar-refractivity contribution is -0.137. The van der Waals surface area contributed by atoms with Crippen LogP contribution in [0.5, 0.6) is 5.75 Å². The van der Waals surface area contributed by atoms with Crippen LogP contribution >= 0.6 is 0 Å². The lowest BCUT2D eigenvalue weighted by atomic mass is 10.1. The number of nitrogens with one attached hydrogen (secondary N) is 1. The molecule has 2 nitrogen and oxygen atoms in total. The SMILES string of the molecule is CCOc1cccc(CNCCc2cccc(C(F)(F)F)c2)c1. The Morgan fingerprint density at radius 3 is 2.48 bits per heavy atom. The van der Waals surface area contributed by atoms with E-state index in [0.29, 0.717) is 31.7 Å². The van der Waals surface area contributed by atoms with Crippen molar-refractivity contribution in [1.29, 1.82) is 0 Å². The van der Waals surface area contributed by atoms with E-state index in [4.69, 9.17) is 4.74 Å². The van der Waals surface area contributed by atoms with E-state index in [1.54, 1.807) is 6.07 Å². The Morgan fingerprint density at radius 2 is 1.74 bits per heavy atom. The first kappa shape index (κ1) is 17.3. The number of halogens is 3. The molecule has 0 saturated heterocycles. The third-order valence-corrected chi connectivity index (χ3v) is 3.38. The predicted molar refractivity (Wildman–Crippen MR) is 84.5 cm³/mol. The van der Waals surface area contributed by atoms with Crippen LogP contribution in [0, 0.1) is 0 Å². The van der Waals surface area contributed by atoms with Crippen LogP contribution in [0.15, 0.2) is 48.5 Å². The number of benzene rings is 2. The van der Waals surface area contributed by atoms with E-state index in [2.05, 4.69) is 5.32 Å². The van der Waals surface area contributed by atoms with E-state index in [1.807, 2.05) is 31.2 Å². The summed E-state index contributed by atoms with van der Waals surface area (Å²) in [5, 5.41) is 3.24. The average molecular weight is 323 g/mol. The van der Waals surface area contributed by atoms with Crippen molar-refractivity contribution in [3.63, 3.8) is 0 Å². The molecule has 0 radical (unpaired) electrons. The second-order valence-corrected chi connectivity index (χ2v) is 5.21. The average Bonchev–Trinajstić information content (AvgIpc) is 2.52. The summed E-state index contributed by atoms with van der Waals surface area (Å²) in [7, 11) is 0. The number of hydrogen-bond donors (Lipinski definition) is 1. The minimum atomic E-state index is -4.29. The molecule has 0 aliphatic carbocycles. The van der Waals surface area contributed by atoms with Gasteiger partial charge in [-0.15, -0.1) is 0 Å². The Labute approximate surface area is 134 Å². The number of hydrogen-bond acceptors (Lipinski definition) is 2. The fraction of sp³-hybridized carbons (Fsp3) is 0.333. The molecule has 2 rings (SSSR count). The van der Waals surface area contributed by atoms with Crippen LogP contribution in [-0.4, -0.2) is 13.2 Å². The Balaban J connectivity index is 1.83. The molecule has 2 aromatic rings. The normalized spacial score (nSPS) is 11.5. The van der Waals surface area contributed by atoms with E-state index in [-0.39, 0.29) is 0 Å². The molecule has 0 fully saturated rings. The Hall–Kier alpha value is -2.01. The molecule has 124 valence electrons. The van der Waals surface area contributed by atoms with Crippen molar-refractivity contribution < 1.29 is 17.9 Å². The van der Waals surface area contributed by atoms with Gasteiger partial charge in [-0.2, -0.15) is 13.2 Å². The summed E-state index contributed by atoms with van der Waals surface area (Å²) in [5.41, 5.74) is 1.16. The van der Waals surface area contributed by atoms with Crippen molar-refractivity contribution >= 4 is 0 Å². The van der Waals surface area contributed by atoms with Gasteiger partial charge in [0.25, 0.3) is 0 Å². The first-order chi connectivity index (χ1) is 11.0. The van der Waals surface area contributed by atoms with Crippen molar-refractivity contribution in [3.05, 3.63) is 65.2 Å². The maximum atomic E-state index is 12.7. The monoisotopic (exact) mass is 323 g/mol. The highest BCUT2D eigenvalue weighted by Gasteiger charge is 2.30.